The number of anilines is 1. The highest BCUT2D eigenvalue weighted by molar-refractivity contribution is 5.90. The largest absolute Gasteiger partial charge is 0.472 e. The molecule has 3 fully saturated rings. The third-order valence-corrected chi connectivity index (χ3v) is 8.12. The van der Waals surface area contributed by atoms with Gasteiger partial charge in [0, 0.05) is 68.6 Å². The topological polar surface area (TPSA) is 101 Å². The zero-order valence-corrected chi connectivity index (χ0v) is 22.4. The molecule has 3 aliphatic rings. The number of halogens is 3. The van der Waals surface area contributed by atoms with Crippen LogP contribution >= 0.6 is 0 Å². The molecule has 1 aromatic carbocycles. The number of hydrogen-bond donors (Lipinski definition) is 1. The van der Waals surface area contributed by atoms with Crippen LogP contribution in [0.2, 0.25) is 0 Å². The van der Waals surface area contributed by atoms with E-state index in [1.54, 1.807) is 19.1 Å². The Kier molecular flexibility index (Phi) is 6.58. The molecule has 0 bridgehead atoms. The fraction of sp³-hybridized carbons (Fsp3) is 0.414. The highest BCUT2D eigenvalue weighted by Crippen LogP contribution is 2.47. The molecule has 41 heavy (non-hydrogen) atoms. The van der Waals surface area contributed by atoms with Crippen molar-refractivity contribution in [3.63, 3.8) is 0 Å². The number of ether oxygens (including phenoxy) is 1. The first-order chi connectivity index (χ1) is 19.6. The Balaban J connectivity index is 0.975. The average molecular weight is 567 g/mol. The van der Waals surface area contributed by atoms with Gasteiger partial charge in [-0.15, -0.1) is 5.10 Å². The van der Waals surface area contributed by atoms with Crippen LogP contribution in [0.1, 0.15) is 42.3 Å². The normalized spacial score (nSPS) is 18.3. The number of carbonyl (C=O) groups is 2. The van der Waals surface area contributed by atoms with E-state index in [2.05, 4.69) is 37.5 Å². The van der Waals surface area contributed by atoms with Crippen LogP contribution in [-0.4, -0.2) is 58.1 Å². The molecule has 6 rings (SSSR count). The Morgan fingerprint density at radius 3 is 2.22 bits per heavy atom. The lowest BCUT2D eigenvalue weighted by atomic mass is 9.72. The first-order valence-corrected chi connectivity index (χ1v) is 13.4. The van der Waals surface area contributed by atoms with E-state index in [1.807, 2.05) is 17.0 Å². The smallest absolute Gasteiger partial charge is 0.433 e. The molecule has 12 heteroatoms. The monoisotopic (exact) mass is 566 g/mol. The number of amides is 2. The van der Waals surface area contributed by atoms with Crippen molar-refractivity contribution >= 4 is 17.5 Å². The fourth-order valence-corrected chi connectivity index (χ4v) is 5.52. The molecule has 2 amide bonds. The van der Waals surface area contributed by atoms with Crippen LogP contribution in [0.3, 0.4) is 0 Å². The van der Waals surface area contributed by atoms with Crippen molar-refractivity contribution in [3.8, 4) is 5.88 Å². The quantitative estimate of drug-likeness (QED) is 0.446. The van der Waals surface area contributed by atoms with Gasteiger partial charge in [0.2, 0.25) is 17.7 Å². The maximum absolute atomic E-state index is 13.1. The van der Waals surface area contributed by atoms with Crippen molar-refractivity contribution in [1.29, 1.82) is 0 Å². The Hall–Kier alpha value is -4.22. The summed E-state index contributed by atoms with van der Waals surface area (Å²) in [6, 6.07) is 13.7. The number of nitrogens with zero attached hydrogens (tertiary/aromatic N) is 5. The molecule has 1 N–H and O–H groups in total. The predicted molar refractivity (Wildman–Crippen MR) is 142 cm³/mol. The van der Waals surface area contributed by atoms with Crippen LogP contribution in [0.4, 0.5) is 18.9 Å². The number of nitrogens with one attached hydrogen (secondary N) is 1. The molecule has 2 saturated heterocycles. The average Bonchev–Trinajstić information content (AvgIpc) is 3.72. The Morgan fingerprint density at radius 1 is 0.951 bits per heavy atom. The zero-order chi connectivity index (χ0) is 28.8. The molecule has 0 atom stereocenters. The maximum Gasteiger partial charge on any atom is 0.433 e. The number of pyridine rings is 1. The summed E-state index contributed by atoms with van der Waals surface area (Å²) >= 11 is 0. The van der Waals surface area contributed by atoms with E-state index in [1.165, 1.54) is 6.07 Å². The molecule has 3 aromatic rings. The summed E-state index contributed by atoms with van der Waals surface area (Å²) in [4.78, 5) is 32.1. The van der Waals surface area contributed by atoms with E-state index in [0.717, 1.165) is 49.7 Å². The van der Waals surface area contributed by atoms with Crippen LogP contribution < -0.4 is 15.0 Å². The van der Waals surface area contributed by atoms with Gasteiger partial charge in [-0.2, -0.15) is 18.3 Å². The lowest BCUT2D eigenvalue weighted by molar-refractivity contribution is -0.142. The standard InChI is InChI=1S/C29H29F3N6O3/c1-19(39)37-15-27(16-37)17-38(18-27)22-5-2-20(3-6-22)12-34-26(40)28(10-11-28)23-8-9-25(36-35-23)41-14-21-4-7-24(33-13-21)29(30,31)32/h2-9,13H,10-12,14-18H2,1H3,(H,34,40). The summed E-state index contributed by atoms with van der Waals surface area (Å²) < 4.78 is 43.5. The van der Waals surface area contributed by atoms with Crippen molar-refractivity contribution in [1.82, 2.24) is 25.4 Å². The van der Waals surface area contributed by atoms with Crippen molar-refractivity contribution < 1.29 is 27.5 Å². The van der Waals surface area contributed by atoms with E-state index in [0.29, 0.717) is 30.6 Å². The predicted octanol–water partition coefficient (Wildman–Crippen LogP) is 3.49. The Morgan fingerprint density at radius 2 is 1.66 bits per heavy atom. The molecule has 0 radical (unpaired) electrons. The number of likely N-dealkylation sites (tertiary alicyclic amines) is 1. The minimum absolute atomic E-state index is 0.0132. The van der Waals surface area contributed by atoms with E-state index in [4.69, 9.17) is 4.74 Å². The highest BCUT2D eigenvalue weighted by atomic mass is 19.4. The van der Waals surface area contributed by atoms with Crippen molar-refractivity contribution in [2.24, 2.45) is 5.41 Å². The van der Waals surface area contributed by atoms with Crippen molar-refractivity contribution in [3.05, 3.63) is 77.2 Å². The third kappa shape index (κ3) is 5.42. The second kappa shape index (κ2) is 10.0. The fourth-order valence-electron chi connectivity index (χ4n) is 5.52. The molecule has 2 aliphatic heterocycles. The van der Waals surface area contributed by atoms with Gasteiger partial charge in [-0.3, -0.25) is 14.6 Å². The lowest BCUT2D eigenvalue weighted by Crippen LogP contribution is -2.72. The van der Waals surface area contributed by atoms with E-state index >= 15 is 0 Å². The summed E-state index contributed by atoms with van der Waals surface area (Å²) in [5.41, 5.74) is 1.71. The highest BCUT2D eigenvalue weighted by Gasteiger charge is 2.53. The number of benzene rings is 1. The molecule has 214 valence electrons. The van der Waals surface area contributed by atoms with Crippen LogP contribution in [-0.2, 0) is 34.3 Å². The third-order valence-electron chi connectivity index (χ3n) is 8.12. The number of carbonyl (C=O) groups excluding carboxylic acids is 2. The summed E-state index contributed by atoms with van der Waals surface area (Å²) in [6.07, 6.45) is -2.05. The van der Waals surface area contributed by atoms with Crippen LogP contribution in [0.15, 0.2) is 54.7 Å². The summed E-state index contributed by atoms with van der Waals surface area (Å²) in [7, 11) is 0. The molecule has 4 heterocycles. The van der Waals surface area contributed by atoms with Crippen molar-refractivity contribution in [2.45, 2.75) is 44.5 Å². The molecule has 2 aromatic heterocycles. The Labute approximate surface area is 234 Å². The van der Waals surface area contributed by atoms with Gasteiger partial charge in [0.15, 0.2) is 0 Å². The number of alkyl halides is 3. The molecular formula is C29H29F3N6O3. The minimum atomic E-state index is -4.49. The second-order valence-electron chi connectivity index (χ2n) is 11.3. The van der Waals surface area contributed by atoms with E-state index in [9.17, 15) is 22.8 Å². The Bertz CT molecular complexity index is 1430. The van der Waals surface area contributed by atoms with E-state index in [-0.39, 0.29) is 29.7 Å². The maximum atomic E-state index is 13.1. The minimum Gasteiger partial charge on any atom is -0.472 e. The first kappa shape index (κ1) is 27.0. The zero-order valence-electron chi connectivity index (χ0n) is 22.4. The van der Waals surface area contributed by atoms with Gasteiger partial charge in [0.05, 0.1) is 11.1 Å². The van der Waals surface area contributed by atoms with Gasteiger partial charge in [0.1, 0.15) is 12.3 Å². The first-order valence-electron chi connectivity index (χ1n) is 13.4. The van der Waals surface area contributed by atoms with Gasteiger partial charge < -0.3 is 19.9 Å². The number of rotatable bonds is 8. The molecule has 1 saturated carbocycles. The molecule has 0 unspecified atom stereocenters. The van der Waals surface area contributed by atoms with Gasteiger partial charge in [-0.05, 0) is 42.7 Å². The SMILES string of the molecule is CC(=O)N1CC2(C1)CN(c1ccc(CNC(=O)C3(c4ccc(OCc5ccc(C(F)(F)F)nc5)nn4)CC3)cc1)C2. The van der Waals surface area contributed by atoms with Gasteiger partial charge in [-0.25, -0.2) is 0 Å². The number of hydrogen-bond acceptors (Lipinski definition) is 7. The second-order valence-corrected chi connectivity index (χ2v) is 11.3. The molecule has 1 spiro atoms. The summed E-state index contributed by atoms with van der Waals surface area (Å²) in [5, 5.41) is 11.3. The molecular weight excluding hydrogens is 537 g/mol. The molecule has 9 nitrogen and oxygen atoms in total. The summed E-state index contributed by atoms with van der Waals surface area (Å²) in [5.74, 6) is 0.232. The van der Waals surface area contributed by atoms with Crippen LogP contribution in [0.5, 0.6) is 5.88 Å². The molecule has 1 aliphatic carbocycles. The van der Waals surface area contributed by atoms with Gasteiger partial charge in [0.25, 0.3) is 0 Å². The number of aromatic nitrogens is 3. The van der Waals surface area contributed by atoms with Crippen molar-refractivity contribution in [2.75, 3.05) is 31.1 Å². The lowest BCUT2D eigenvalue weighted by Gasteiger charge is -2.60. The van der Waals surface area contributed by atoms with Gasteiger partial charge >= 0.3 is 6.18 Å². The van der Waals surface area contributed by atoms with E-state index < -0.39 is 17.3 Å². The summed E-state index contributed by atoms with van der Waals surface area (Å²) in [6.45, 7) is 5.57. The van der Waals surface area contributed by atoms with Crippen LogP contribution in [0, 0.1) is 5.41 Å². The van der Waals surface area contributed by atoms with Crippen LogP contribution in [0.25, 0.3) is 0 Å². The van der Waals surface area contributed by atoms with Gasteiger partial charge in [-0.1, -0.05) is 18.2 Å².